The minimum absolute atomic E-state index is 0.116. The molecule has 0 radical (unpaired) electrons. The maximum absolute atomic E-state index is 12.6. The van der Waals surface area contributed by atoms with Gasteiger partial charge in [-0.1, -0.05) is 53.7 Å². The zero-order chi connectivity index (χ0) is 20.9. The number of piperazine rings is 1. The molecule has 6 nitrogen and oxygen atoms in total. The lowest BCUT2D eigenvalue weighted by Gasteiger charge is -2.35. The number of hydrogen-bond donors (Lipinski definition) is 0. The van der Waals surface area contributed by atoms with Gasteiger partial charge in [0.05, 0.1) is 5.75 Å². The van der Waals surface area contributed by atoms with Gasteiger partial charge in [-0.25, -0.2) is 0 Å². The molecule has 2 aromatic carbocycles. The van der Waals surface area contributed by atoms with Crippen LogP contribution in [0.15, 0.2) is 58.2 Å². The fourth-order valence-electron chi connectivity index (χ4n) is 3.48. The average Bonchev–Trinajstić information content (AvgIpc) is 3.24. The summed E-state index contributed by atoms with van der Waals surface area (Å²) in [5, 5.41) is 8.59. The van der Waals surface area contributed by atoms with E-state index >= 15 is 0 Å². The Labute approximate surface area is 181 Å². The first-order valence-corrected chi connectivity index (χ1v) is 11.1. The van der Waals surface area contributed by atoms with Crippen molar-refractivity contribution < 1.29 is 9.21 Å². The lowest BCUT2D eigenvalue weighted by molar-refractivity contribution is -0.130. The van der Waals surface area contributed by atoms with E-state index in [4.69, 9.17) is 4.42 Å². The first-order valence-electron chi connectivity index (χ1n) is 10.2. The van der Waals surface area contributed by atoms with Crippen molar-refractivity contribution in [1.82, 2.24) is 20.0 Å². The molecule has 4 rings (SSSR count). The third-order valence-electron chi connectivity index (χ3n) is 5.40. The molecule has 7 heteroatoms. The first-order chi connectivity index (χ1) is 14.6. The fourth-order valence-corrected chi connectivity index (χ4v) is 4.15. The second-order valence-corrected chi connectivity index (χ2v) is 8.54. The Morgan fingerprint density at radius 1 is 1.00 bits per heavy atom. The Kier molecular flexibility index (Phi) is 6.50. The summed E-state index contributed by atoms with van der Waals surface area (Å²) in [7, 11) is 0. The van der Waals surface area contributed by atoms with E-state index in [-0.39, 0.29) is 5.91 Å². The van der Waals surface area contributed by atoms with E-state index in [2.05, 4.69) is 46.3 Å². The molecule has 3 aromatic rings. The second-order valence-electron chi connectivity index (χ2n) is 7.61. The molecule has 156 valence electrons. The van der Waals surface area contributed by atoms with Crippen molar-refractivity contribution in [2.24, 2.45) is 0 Å². The number of carbonyl (C=O) groups excluding carboxylic acids is 1. The van der Waals surface area contributed by atoms with Crippen LogP contribution in [0.25, 0.3) is 11.5 Å². The molecular weight excluding hydrogens is 396 g/mol. The van der Waals surface area contributed by atoms with E-state index in [9.17, 15) is 4.79 Å². The third kappa shape index (κ3) is 5.09. The van der Waals surface area contributed by atoms with E-state index < -0.39 is 0 Å². The van der Waals surface area contributed by atoms with Crippen molar-refractivity contribution in [2.75, 3.05) is 31.9 Å². The molecule has 1 amide bonds. The van der Waals surface area contributed by atoms with Gasteiger partial charge in [-0.05, 0) is 37.1 Å². The van der Waals surface area contributed by atoms with Crippen LogP contribution < -0.4 is 0 Å². The average molecular weight is 423 g/mol. The van der Waals surface area contributed by atoms with Crippen LogP contribution in [0.5, 0.6) is 0 Å². The Morgan fingerprint density at radius 3 is 2.47 bits per heavy atom. The van der Waals surface area contributed by atoms with Gasteiger partial charge in [0.2, 0.25) is 11.8 Å². The molecule has 0 atom stereocenters. The Morgan fingerprint density at radius 2 is 1.73 bits per heavy atom. The highest BCUT2D eigenvalue weighted by Crippen LogP contribution is 2.24. The standard InChI is InChI=1S/C23H26N4O2S/c1-17-7-9-19(10-8-17)22-24-25-23(29-22)30-16-21(28)27-13-11-26(12-14-27)15-20-6-4-3-5-18(20)2/h3-10H,11-16H2,1-2H3. The van der Waals surface area contributed by atoms with Gasteiger partial charge in [0, 0.05) is 38.3 Å². The van der Waals surface area contributed by atoms with Gasteiger partial charge in [-0.15, -0.1) is 10.2 Å². The van der Waals surface area contributed by atoms with Gasteiger partial charge < -0.3 is 9.32 Å². The normalized spacial score (nSPS) is 14.8. The van der Waals surface area contributed by atoms with Crippen LogP contribution in [0.2, 0.25) is 0 Å². The van der Waals surface area contributed by atoms with Crippen molar-refractivity contribution >= 4 is 17.7 Å². The van der Waals surface area contributed by atoms with Crippen molar-refractivity contribution in [1.29, 1.82) is 0 Å². The summed E-state index contributed by atoms with van der Waals surface area (Å²) >= 11 is 1.30. The van der Waals surface area contributed by atoms with Gasteiger partial charge in [0.25, 0.3) is 5.22 Å². The van der Waals surface area contributed by atoms with Gasteiger partial charge in [-0.3, -0.25) is 9.69 Å². The van der Waals surface area contributed by atoms with E-state index in [1.165, 1.54) is 28.5 Å². The Hall–Kier alpha value is -2.64. The van der Waals surface area contributed by atoms with Crippen molar-refractivity contribution in [3.63, 3.8) is 0 Å². The highest BCUT2D eigenvalue weighted by Gasteiger charge is 2.22. The summed E-state index contributed by atoms with van der Waals surface area (Å²) in [5.74, 6) is 0.910. The largest absolute Gasteiger partial charge is 0.411 e. The molecule has 1 aliphatic heterocycles. The zero-order valence-corrected chi connectivity index (χ0v) is 18.2. The summed E-state index contributed by atoms with van der Waals surface area (Å²) in [5.41, 5.74) is 4.74. The summed E-state index contributed by atoms with van der Waals surface area (Å²) in [6.07, 6.45) is 0. The fraction of sp³-hybridized carbons (Fsp3) is 0.348. The molecule has 0 bridgehead atoms. The van der Waals surface area contributed by atoms with Crippen LogP contribution in [-0.2, 0) is 11.3 Å². The molecule has 1 saturated heterocycles. The summed E-state index contributed by atoms with van der Waals surface area (Å²) in [6.45, 7) is 8.41. The SMILES string of the molecule is Cc1ccc(-c2nnc(SCC(=O)N3CCN(Cc4ccccc4C)CC3)o2)cc1. The number of rotatable bonds is 6. The van der Waals surface area contributed by atoms with Crippen LogP contribution >= 0.6 is 11.8 Å². The molecule has 1 aliphatic rings. The number of aromatic nitrogens is 2. The van der Waals surface area contributed by atoms with Crippen LogP contribution in [-0.4, -0.2) is 57.8 Å². The molecule has 0 aliphatic carbocycles. The van der Waals surface area contributed by atoms with Crippen molar-refractivity contribution in [3.8, 4) is 11.5 Å². The maximum atomic E-state index is 12.6. The number of benzene rings is 2. The molecule has 1 aromatic heterocycles. The van der Waals surface area contributed by atoms with Gasteiger partial charge in [-0.2, -0.15) is 0 Å². The highest BCUT2D eigenvalue weighted by atomic mass is 32.2. The predicted molar refractivity (Wildman–Crippen MR) is 118 cm³/mol. The van der Waals surface area contributed by atoms with Gasteiger partial charge in [0.1, 0.15) is 0 Å². The topological polar surface area (TPSA) is 62.5 Å². The lowest BCUT2D eigenvalue weighted by Crippen LogP contribution is -2.48. The number of amides is 1. The molecule has 30 heavy (non-hydrogen) atoms. The molecule has 0 N–H and O–H groups in total. The van der Waals surface area contributed by atoms with Gasteiger partial charge in [0.15, 0.2) is 0 Å². The zero-order valence-electron chi connectivity index (χ0n) is 17.4. The van der Waals surface area contributed by atoms with E-state index in [0.29, 0.717) is 16.9 Å². The molecule has 1 fully saturated rings. The highest BCUT2D eigenvalue weighted by molar-refractivity contribution is 7.99. The first kappa shape index (κ1) is 20.6. The number of thioether (sulfide) groups is 1. The van der Waals surface area contributed by atoms with E-state index in [1.807, 2.05) is 36.1 Å². The molecular formula is C23H26N4O2S. The quantitative estimate of drug-likeness (QED) is 0.563. The summed E-state index contributed by atoms with van der Waals surface area (Å²) in [4.78, 5) is 16.9. The smallest absolute Gasteiger partial charge is 0.277 e. The predicted octanol–water partition coefficient (Wildman–Crippen LogP) is 3.79. The molecule has 0 spiro atoms. The Balaban J connectivity index is 1.24. The van der Waals surface area contributed by atoms with Crippen LogP contribution in [0.4, 0.5) is 0 Å². The van der Waals surface area contributed by atoms with Crippen molar-refractivity contribution in [2.45, 2.75) is 25.6 Å². The maximum Gasteiger partial charge on any atom is 0.277 e. The second kappa shape index (κ2) is 9.45. The van der Waals surface area contributed by atoms with E-state index in [0.717, 1.165) is 38.3 Å². The Bertz CT molecular complexity index is 994. The third-order valence-corrected chi connectivity index (χ3v) is 6.21. The number of hydrogen-bond acceptors (Lipinski definition) is 6. The van der Waals surface area contributed by atoms with Crippen LogP contribution in [0.3, 0.4) is 0 Å². The van der Waals surface area contributed by atoms with Gasteiger partial charge >= 0.3 is 0 Å². The van der Waals surface area contributed by atoms with Crippen LogP contribution in [0.1, 0.15) is 16.7 Å². The summed E-state index contributed by atoms with van der Waals surface area (Å²) < 4.78 is 5.70. The summed E-state index contributed by atoms with van der Waals surface area (Å²) in [6, 6.07) is 16.4. The van der Waals surface area contributed by atoms with E-state index in [1.54, 1.807) is 0 Å². The minimum atomic E-state index is 0.116. The molecule has 0 saturated carbocycles. The van der Waals surface area contributed by atoms with Crippen LogP contribution in [0, 0.1) is 13.8 Å². The number of aryl methyl sites for hydroxylation is 2. The minimum Gasteiger partial charge on any atom is -0.411 e. The number of nitrogens with zero attached hydrogens (tertiary/aromatic N) is 4. The molecule has 2 heterocycles. The number of carbonyl (C=O) groups is 1. The lowest BCUT2D eigenvalue weighted by atomic mass is 10.1. The van der Waals surface area contributed by atoms with Crippen molar-refractivity contribution in [3.05, 3.63) is 65.2 Å². The molecule has 0 unspecified atom stereocenters. The monoisotopic (exact) mass is 422 g/mol.